The molecule has 0 saturated heterocycles. The number of rotatable bonds is 8. The molecular formula is C16H22N2O2S. The summed E-state index contributed by atoms with van der Waals surface area (Å²) in [6.45, 7) is 5.63. The van der Waals surface area contributed by atoms with Gasteiger partial charge in [-0.05, 0) is 25.5 Å². The van der Waals surface area contributed by atoms with Crippen LogP contribution in [0, 0.1) is 0 Å². The Morgan fingerprint density at radius 3 is 2.71 bits per heavy atom. The Morgan fingerprint density at radius 2 is 2.05 bits per heavy atom. The maximum Gasteiger partial charge on any atom is 0.161 e. The molecule has 0 fully saturated rings. The van der Waals surface area contributed by atoms with Crippen molar-refractivity contribution in [3.8, 4) is 11.5 Å². The first-order valence-corrected chi connectivity index (χ1v) is 8.00. The molecule has 0 amide bonds. The summed E-state index contributed by atoms with van der Waals surface area (Å²) >= 11 is 1.77. The number of para-hydroxylation sites is 2. The van der Waals surface area contributed by atoms with Gasteiger partial charge in [0.1, 0.15) is 11.6 Å². The predicted octanol–water partition coefficient (Wildman–Crippen LogP) is 3.44. The van der Waals surface area contributed by atoms with Crippen molar-refractivity contribution in [2.45, 2.75) is 26.3 Å². The zero-order chi connectivity index (χ0) is 15.1. The second-order valence-corrected chi connectivity index (χ2v) is 5.84. The summed E-state index contributed by atoms with van der Waals surface area (Å²) in [5, 5.41) is 4.55. The molecule has 4 nitrogen and oxygen atoms in total. The summed E-state index contributed by atoms with van der Waals surface area (Å²) in [5.74, 6) is 1.54. The van der Waals surface area contributed by atoms with Crippen LogP contribution in [-0.2, 0) is 6.42 Å². The van der Waals surface area contributed by atoms with Gasteiger partial charge in [0.2, 0.25) is 0 Å². The zero-order valence-corrected chi connectivity index (χ0v) is 13.6. The van der Waals surface area contributed by atoms with E-state index in [1.165, 1.54) is 4.88 Å². The maximum absolute atomic E-state index is 5.74. The van der Waals surface area contributed by atoms with Crippen LogP contribution < -0.4 is 14.8 Å². The molecule has 1 aromatic heterocycles. The summed E-state index contributed by atoms with van der Waals surface area (Å²) in [5.41, 5.74) is 0. The van der Waals surface area contributed by atoms with Crippen molar-refractivity contribution in [2.24, 2.45) is 0 Å². The van der Waals surface area contributed by atoms with Crippen molar-refractivity contribution in [2.75, 3.05) is 20.3 Å². The van der Waals surface area contributed by atoms with Crippen molar-refractivity contribution in [1.82, 2.24) is 10.3 Å². The van der Waals surface area contributed by atoms with E-state index in [2.05, 4.69) is 24.1 Å². The molecule has 114 valence electrons. The number of methoxy groups -OCH3 is 1. The molecular weight excluding hydrogens is 284 g/mol. The van der Waals surface area contributed by atoms with Crippen LogP contribution >= 0.6 is 11.3 Å². The highest BCUT2D eigenvalue weighted by molar-refractivity contribution is 7.11. The van der Waals surface area contributed by atoms with E-state index in [9.17, 15) is 0 Å². The molecule has 2 rings (SSSR count). The Kier molecular flexibility index (Phi) is 6.02. The van der Waals surface area contributed by atoms with Crippen molar-refractivity contribution in [3.63, 3.8) is 0 Å². The fourth-order valence-electron chi connectivity index (χ4n) is 1.95. The van der Waals surface area contributed by atoms with E-state index in [0.29, 0.717) is 6.61 Å². The number of ether oxygens (including phenoxy) is 2. The molecule has 1 heterocycles. The van der Waals surface area contributed by atoms with Crippen molar-refractivity contribution in [3.05, 3.63) is 40.3 Å². The fourth-order valence-corrected chi connectivity index (χ4v) is 2.83. The van der Waals surface area contributed by atoms with Gasteiger partial charge in [0.25, 0.3) is 0 Å². The van der Waals surface area contributed by atoms with Crippen molar-refractivity contribution in [1.29, 1.82) is 0 Å². The van der Waals surface area contributed by atoms with Gasteiger partial charge in [-0.15, -0.1) is 11.3 Å². The SMILES string of the molecule is CCc1cnc(C(C)NCCOc2ccccc2OC)s1. The number of benzene rings is 1. The van der Waals surface area contributed by atoms with Crippen LogP contribution in [0.25, 0.3) is 0 Å². The standard InChI is InChI=1S/C16H22N2O2S/c1-4-13-11-18-16(21-13)12(2)17-9-10-20-15-8-6-5-7-14(15)19-3/h5-8,11-12,17H,4,9-10H2,1-3H3. The molecule has 0 radical (unpaired) electrons. The second kappa shape index (κ2) is 8.00. The van der Waals surface area contributed by atoms with Gasteiger partial charge in [0.15, 0.2) is 11.5 Å². The Labute approximate surface area is 130 Å². The maximum atomic E-state index is 5.74. The largest absolute Gasteiger partial charge is 0.493 e. The lowest BCUT2D eigenvalue weighted by Crippen LogP contribution is -2.24. The molecule has 0 aliphatic heterocycles. The van der Waals surface area contributed by atoms with Gasteiger partial charge < -0.3 is 14.8 Å². The minimum atomic E-state index is 0.247. The first-order valence-electron chi connectivity index (χ1n) is 7.18. The molecule has 0 bridgehead atoms. The number of nitrogens with zero attached hydrogens (tertiary/aromatic N) is 1. The molecule has 5 heteroatoms. The monoisotopic (exact) mass is 306 g/mol. The molecule has 1 aromatic carbocycles. The van der Waals surface area contributed by atoms with Gasteiger partial charge >= 0.3 is 0 Å². The average molecular weight is 306 g/mol. The summed E-state index contributed by atoms with van der Waals surface area (Å²) in [7, 11) is 1.65. The van der Waals surface area contributed by atoms with Crippen LogP contribution in [0.5, 0.6) is 11.5 Å². The molecule has 1 N–H and O–H groups in total. The third-order valence-electron chi connectivity index (χ3n) is 3.17. The quantitative estimate of drug-likeness (QED) is 0.759. The van der Waals surface area contributed by atoms with Crippen LogP contribution in [0.3, 0.4) is 0 Å². The molecule has 1 atom stereocenters. The number of thiazole rings is 1. The Hall–Kier alpha value is -1.59. The molecule has 21 heavy (non-hydrogen) atoms. The van der Waals surface area contributed by atoms with Gasteiger partial charge in [-0.25, -0.2) is 4.98 Å². The van der Waals surface area contributed by atoms with Gasteiger partial charge in [-0.3, -0.25) is 0 Å². The minimum Gasteiger partial charge on any atom is -0.493 e. The van der Waals surface area contributed by atoms with E-state index in [0.717, 1.165) is 29.5 Å². The Bertz CT molecular complexity index is 557. The molecule has 0 spiro atoms. The third-order valence-corrected chi connectivity index (χ3v) is 4.49. The predicted molar refractivity (Wildman–Crippen MR) is 86.4 cm³/mol. The van der Waals surface area contributed by atoms with E-state index in [1.54, 1.807) is 18.4 Å². The fraction of sp³-hybridized carbons (Fsp3) is 0.438. The van der Waals surface area contributed by atoms with Gasteiger partial charge in [-0.2, -0.15) is 0 Å². The van der Waals surface area contributed by atoms with Crippen LogP contribution in [-0.4, -0.2) is 25.2 Å². The third kappa shape index (κ3) is 4.44. The van der Waals surface area contributed by atoms with Gasteiger partial charge in [0, 0.05) is 17.6 Å². The van der Waals surface area contributed by atoms with Crippen LogP contribution in [0.1, 0.15) is 29.8 Å². The van der Waals surface area contributed by atoms with Gasteiger partial charge in [0.05, 0.1) is 13.2 Å². The van der Waals surface area contributed by atoms with E-state index in [4.69, 9.17) is 9.47 Å². The van der Waals surface area contributed by atoms with Crippen molar-refractivity contribution < 1.29 is 9.47 Å². The number of aryl methyl sites for hydroxylation is 1. The van der Waals surface area contributed by atoms with E-state index >= 15 is 0 Å². The molecule has 0 saturated carbocycles. The highest BCUT2D eigenvalue weighted by Gasteiger charge is 2.09. The lowest BCUT2D eigenvalue weighted by molar-refractivity contribution is 0.287. The zero-order valence-electron chi connectivity index (χ0n) is 12.8. The highest BCUT2D eigenvalue weighted by atomic mass is 32.1. The first kappa shape index (κ1) is 15.8. The summed E-state index contributed by atoms with van der Waals surface area (Å²) in [6, 6.07) is 7.93. The van der Waals surface area contributed by atoms with E-state index < -0.39 is 0 Å². The topological polar surface area (TPSA) is 43.4 Å². The number of aromatic nitrogens is 1. The lowest BCUT2D eigenvalue weighted by atomic mass is 10.3. The second-order valence-electron chi connectivity index (χ2n) is 4.69. The summed E-state index contributed by atoms with van der Waals surface area (Å²) in [6.07, 6.45) is 3.00. The molecule has 2 aromatic rings. The van der Waals surface area contributed by atoms with E-state index in [1.807, 2.05) is 30.5 Å². The first-order chi connectivity index (χ1) is 10.2. The molecule has 0 aliphatic carbocycles. The number of hydrogen-bond acceptors (Lipinski definition) is 5. The van der Waals surface area contributed by atoms with Crippen LogP contribution in [0.2, 0.25) is 0 Å². The van der Waals surface area contributed by atoms with Crippen LogP contribution in [0.15, 0.2) is 30.5 Å². The van der Waals surface area contributed by atoms with Gasteiger partial charge in [-0.1, -0.05) is 19.1 Å². The molecule has 0 aliphatic rings. The highest BCUT2D eigenvalue weighted by Crippen LogP contribution is 2.25. The lowest BCUT2D eigenvalue weighted by Gasteiger charge is -2.13. The number of nitrogens with one attached hydrogen (secondary N) is 1. The Morgan fingerprint density at radius 1 is 1.29 bits per heavy atom. The average Bonchev–Trinajstić information content (AvgIpc) is 3.01. The minimum absolute atomic E-state index is 0.247. The van der Waals surface area contributed by atoms with Crippen LogP contribution in [0.4, 0.5) is 0 Å². The Balaban J connectivity index is 1.76. The molecule has 1 unspecified atom stereocenters. The summed E-state index contributed by atoms with van der Waals surface area (Å²) < 4.78 is 11.0. The normalized spacial score (nSPS) is 12.1. The summed E-state index contributed by atoms with van der Waals surface area (Å²) in [4.78, 5) is 5.77. The van der Waals surface area contributed by atoms with E-state index in [-0.39, 0.29) is 6.04 Å². The smallest absolute Gasteiger partial charge is 0.161 e. The van der Waals surface area contributed by atoms with Crippen molar-refractivity contribution >= 4 is 11.3 Å². The number of hydrogen-bond donors (Lipinski definition) is 1.